The van der Waals surface area contributed by atoms with Gasteiger partial charge in [0.05, 0.1) is 0 Å². The van der Waals surface area contributed by atoms with Gasteiger partial charge in [-0.3, -0.25) is 0 Å². The van der Waals surface area contributed by atoms with Gasteiger partial charge in [0.1, 0.15) is 0 Å². The van der Waals surface area contributed by atoms with Gasteiger partial charge >= 0.3 is 0 Å². The van der Waals surface area contributed by atoms with Crippen LogP contribution in [0.2, 0.25) is 0 Å². The molecule has 0 aromatic heterocycles. The molecule has 4 aromatic rings. The SMILES string of the molecule is CCCCC1=Cc2c(cccc2-c2cc(-c3ccccc3)cc(-c3ccccc3)c2)[CH]1. The molecule has 31 heavy (non-hydrogen) atoms. The van der Waals surface area contributed by atoms with Gasteiger partial charge in [-0.2, -0.15) is 0 Å². The summed E-state index contributed by atoms with van der Waals surface area (Å²) in [5.41, 5.74) is 11.8. The molecule has 1 aliphatic rings. The molecule has 1 radical (unpaired) electrons. The zero-order valence-electron chi connectivity index (χ0n) is 18.0. The molecule has 0 spiro atoms. The van der Waals surface area contributed by atoms with E-state index in [4.69, 9.17) is 0 Å². The molecule has 5 rings (SSSR count). The summed E-state index contributed by atoms with van der Waals surface area (Å²) in [5, 5.41) is 0. The first kappa shape index (κ1) is 19.6. The lowest BCUT2D eigenvalue weighted by Gasteiger charge is -2.13. The average molecular weight is 400 g/mol. The van der Waals surface area contributed by atoms with E-state index >= 15 is 0 Å². The van der Waals surface area contributed by atoms with E-state index in [9.17, 15) is 0 Å². The van der Waals surface area contributed by atoms with E-state index in [1.807, 2.05) is 0 Å². The van der Waals surface area contributed by atoms with Gasteiger partial charge in [0.2, 0.25) is 0 Å². The number of hydrogen-bond donors (Lipinski definition) is 0. The second-order valence-corrected chi connectivity index (χ2v) is 8.31. The first-order chi connectivity index (χ1) is 15.3. The van der Waals surface area contributed by atoms with Crippen molar-refractivity contribution in [1.82, 2.24) is 0 Å². The Hall–Kier alpha value is -3.38. The third-order valence-electron chi connectivity index (χ3n) is 6.09. The van der Waals surface area contributed by atoms with Gasteiger partial charge < -0.3 is 0 Å². The maximum Gasteiger partial charge on any atom is 0.0164 e. The molecule has 0 fully saturated rings. The van der Waals surface area contributed by atoms with Crippen molar-refractivity contribution in [2.45, 2.75) is 26.2 Å². The van der Waals surface area contributed by atoms with E-state index in [-0.39, 0.29) is 0 Å². The summed E-state index contributed by atoms with van der Waals surface area (Å²) < 4.78 is 0. The first-order valence-corrected chi connectivity index (χ1v) is 11.3. The largest absolute Gasteiger partial charge is 0.0654 e. The molecular formula is C31H27. The van der Waals surface area contributed by atoms with Crippen LogP contribution in [0.25, 0.3) is 39.5 Å². The van der Waals surface area contributed by atoms with Crippen LogP contribution in [0.4, 0.5) is 0 Å². The van der Waals surface area contributed by atoms with E-state index in [1.165, 1.54) is 62.9 Å². The van der Waals surface area contributed by atoms with Crippen LogP contribution in [0.5, 0.6) is 0 Å². The fraction of sp³-hybridized carbons (Fsp3) is 0.129. The Morgan fingerprint density at radius 2 is 1.19 bits per heavy atom. The van der Waals surface area contributed by atoms with E-state index < -0.39 is 0 Å². The predicted molar refractivity (Wildman–Crippen MR) is 134 cm³/mol. The fourth-order valence-electron chi connectivity index (χ4n) is 4.45. The summed E-state index contributed by atoms with van der Waals surface area (Å²) in [6.07, 6.45) is 8.40. The van der Waals surface area contributed by atoms with Crippen LogP contribution in [-0.2, 0) is 0 Å². The monoisotopic (exact) mass is 399 g/mol. The maximum atomic E-state index is 2.40. The lowest BCUT2D eigenvalue weighted by atomic mass is 9.91. The lowest BCUT2D eigenvalue weighted by molar-refractivity contribution is 0.797. The summed E-state index contributed by atoms with van der Waals surface area (Å²) >= 11 is 0. The molecule has 0 aliphatic heterocycles. The molecule has 0 saturated heterocycles. The molecule has 0 amide bonds. The Balaban J connectivity index is 1.66. The second-order valence-electron chi connectivity index (χ2n) is 8.31. The van der Waals surface area contributed by atoms with Crippen LogP contribution in [0, 0.1) is 6.42 Å². The van der Waals surface area contributed by atoms with Crippen molar-refractivity contribution in [3.8, 4) is 33.4 Å². The van der Waals surface area contributed by atoms with Crippen molar-refractivity contribution in [1.29, 1.82) is 0 Å². The molecule has 0 nitrogen and oxygen atoms in total. The molecule has 0 unspecified atom stereocenters. The molecule has 1 aliphatic carbocycles. The van der Waals surface area contributed by atoms with E-state index in [0.29, 0.717) is 0 Å². The summed E-state index contributed by atoms with van der Waals surface area (Å²) in [7, 11) is 0. The van der Waals surface area contributed by atoms with Gasteiger partial charge in [-0.05, 0) is 75.5 Å². The van der Waals surface area contributed by atoms with Gasteiger partial charge in [-0.25, -0.2) is 0 Å². The van der Waals surface area contributed by atoms with Crippen LogP contribution in [0.1, 0.15) is 37.3 Å². The molecule has 0 heterocycles. The standard InChI is InChI=1S/C31H27/c1-2-3-11-23-18-26-16-10-17-30(31(26)19-23)29-21-27(24-12-6-4-7-13-24)20-28(22-29)25-14-8-5-9-15-25/h4-10,12-22H,2-3,11H2,1H3. The Morgan fingerprint density at radius 3 is 1.81 bits per heavy atom. The summed E-state index contributed by atoms with van der Waals surface area (Å²) in [5.74, 6) is 0. The molecule has 0 heteroatoms. The third kappa shape index (κ3) is 4.11. The van der Waals surface area contributed by atoms with Gasteiger partial charge in [-0.1, -0.05) is 104 Å². The van der Waals surface area contributed by atoms with Crippen LogP contribution in [0.3, 0.4) is 0 Å². The molecule has 0 bridgehead atoms. The van der Waals surface area contributed by atoms with Crippen molar-refractivity contribution < 1.29 is 0 Å². The second kappa shape index (κ2) is 8.78. The summed E-state index contributed by atoms with van der Waals surface area (Å²) in [6.45, 7) is 2.26. The number of unbranched alkanes of at least 4 members (excludes halogenated alkanes) is 1. The molecular weight excluding hydrogens is 372 g/mol. The van der Waals surface area contributed by atoms with Crippen molar-refractivity contribution in [2.24, 2.45) is 0 Å². The zero-order chi connectivity index (χ0) is 21.0. The molecule has 4 aromatic carbocycles. The van der Waals surface area contributed by atoms with Gasteiger partial charge in [-0.15, -0.1) is 0 Å². The minimum atomic E-state index is 1.16. The number of hydrogen-bond acceptors (Lipinski definition) is 0. The minimum Gasteiger partial charge on any atom is -0.0654 e. The van der Waals surface area contributed by atoms with E-state index in [2.05, 4.69) is 116 Å². The van der Waals surface area contributed by atoms with Crippen LogP contribution in [-0.4, -0.2) is 0 Å². The normalized spacial score (nSPS) is 12.5. The van der Waals surface area contributed by atoms with Crippen LogP contribution < -0.4 is 0 Å². The fourth-order valence-corrected chi connectivity index (χ4v) is 4.45. The quantitative estimate of drug-likeness (QED) is 0.304. The first-order valence-electron chi connectivity index (χ1n) is 11.3. The molecule has 0 saturated carbocycles. The van der Waals surface area contributed by atoms with Crippen molar-refractivity contribution in [2.75, 3.05) is 0 Å². The highest BCUT2D eigenvalue weighted by atomic mass is 14.2. The smallest absolute Gasteiger partial charge is 0.0164 e. The van der Waals surface area contributed by atoms with Crippen molar-refractivity contribution in [3.63, 3.8) is 0 Å². The average Bonchev–Trinajstić information content (AvgIpc) is 3.27. The maximum absolute atomic E-state index is 2.40. The minimum absolute atomic E-state index is 1.16. The van der Waals surface area contributed by atoms with E-state index in [1.54, 1.807) is 0 Å². The van der Waals surface area contributed by atoms with Gasteiger partial charge in [0.25, 0.3) is 0 Å². The Bertz CT molecular complexity index is 1160. The zero-order valence-corrected chi connectivity index (χ0v) is 18.0. The Morgan fingerprint density at radius 1 is 0.581 bits per heavy atom. The van der Waals surface area contributed by atoms with E-state index in [0.717, 1.165) is 6.42 Å². The number of allylic oxidation sites excluding steroid dienone is 1. The lowest BCUT2D eigenvalue weighted by Crippen LogP contribution is -1.89. The highest BCUT2D eigenvalue weighted by molar-refractivity contribution is 5.87. The van der Waals surface area contributed by atoms with Crippen molar-refractivity contribution in [3.05, 3.63) is 120 Å². The molecule has 0 atom stereocenters. The highest BCUT2D eigenvalue weighted by Gasteiger charge is 2.17. The molecule has 0 N–H and O–H groups in total. The number of rotatable bonds is 6. The van der Waals surface area contributed by atoms with Gasteiger partial charge in [0, 0.05) is 6.42 Å². The Labute approximate surface area is 185 Å². The van der Waals surface area contributed by atoms with Crippen molar-refractivity contribution >= 4 is 6.08 Å². The topological polar surface area (TPSA) is 0 Å². The number of fused-ring (bicyclic) bond motifs is 1. The highest BCUT2D eigenvalue weighted by Crippen LogP contribution is 2.39. The summed E-state index contributed by atoms with van der Waals surface area (Å²) in [4.78, 5) is 0. The Kier molecular flexibility index (Phi) is 5.54. The molecule has 151 valence electrons. The predicted octanol–water partition coefficient (Wildman–Crippen LogP) is 8.83. The van der Waals surface area contributed by atoms with Crippen LogP contribution >= 0.6 is 0 Å². The number of benzene rings is 4. The van der Waals surface area contributed by atoms with Gasteiger partial charge in [0.15, 0.2) is 0 Å². The third-order valence-corrected chi connectivity index (χ3v) is 6.09. The summed E-state index contributed by atoms with van der Waals surface area (Å²) in [6, 6.07) is 35.1. The van der Waals surface area contributed by atoms with Crippen LogP contribution in [0.15, 0.2) is 103 Å².